The van der Waals surface area contributed by atoms with E-state index < -0.39 is 9.84 Å². The molecule has 0 atom stereocenters. The Balaban J connectivity index is 2.24. The highest BCUT2D eigenvalue weighted by Gasteiger charge is 2.09. The Morgan fingerprint density at radius 2 is 1.81 bits per heavy atom. The summed E-state index contributed by atoms with van der Waals surface area (Å²) in [5, 5.41) is 0. The van der Waals surface area contributed by atoms with Crippen LogP contribution in [0.15, 0.2) is 57.2 Å². The van der Waals surface area contributed by atoms with Gasteiger partial charge in [-0.3, -0.25) is 0 Å². The van der Waals surface area contributed by atoms with E-state index in [9.17, 15) is 8.42 Å². The van der Waals surface area contributed by atoms with Crippen LogP contribution in [0.25, 0.3) is 0 Å². The van der Waals surface area contributed by atoms with Crippen molar-refractivity contribution in [2.24, 2.45) is 0 Å². The number of para-hydroxylation sites is 1. The second-order valence-corrected chi connectivity index (χ2v) is 7.58. The van der Waals surface area contributed by atoms with Gasteiger partial charge in [-0.25, -0.2) is 8.42 Å². The lowest BCUT2D eigenvalue weighted by molar-refractivity contribution is 0.341. The summed E-state index contributed by atoms with van der Waals surface area (Å²) in [6.45, 7) is 2.46. The first-order valence-electron chi connectivity index (χ1n) is 6.41. The summed E-state index contributed by atoms with van der Waals surface area (Å²) in [6.07, 6.45) is 1.19. The lowest BCUT2D eigenvalue weighted by atomic mass is 10.3. The SMILES string of the molecule is CCOc1cccc(Sc2ccc(S(C)(=O)=O)cc2)c1N. The molecular weight excluding hydrogens is 306 g/mol. The largest absolute Gasteiger partial charge is 0.492 e. The maximum Gasteiger partial charge on any atom is 0.175 e. The van der Waals surface area contributed by atoms with Gasteiger partial charge in [0.2, 0.25) is 0 Å². The van der Waals surface area contributed by atoms with E-state index in [-0.39, 0.29) is 0 Å². The molecule has 6 heteroatoms. The minimum Gasteiger partial charge on any atom is -0.492 e. The second-order valence-electron chi connectivity index (χ2n) is 4.45. The fraction of sp³-hybridized carbons (Fsp3) is 0.200. The summed E-state index contributed by atoms with van der Waals surface area (Å²) in [5.74, 6) is 0.662. The first-order valence-corrected chi connectivity index (χ1v) is 9.12. The number of nitrogens with two attached hydrogens (primary N) is 1. The smallest absolute Gasteiger partial charge is 0.175 e. The van der Waals surface area contributed by atoms with E-state index in [4.69, 9.17) is 10.5 Å². The molecule has 21 heavy (non-hydrogen) atoms. The Hall–Kier alpha value is -1.66. The molecule has 0 spiro atoms. The Morgan fingerprint density at radius 1 is 1.14 bits per heavy atom. The van der Waals surface area contributed by atoms with Crippen LogP contribution in [-0.2, 0) is 9.84 Å². The summed E-state index contributed by atoms with van der Waals surface area (Å²) < 4.78 is 28.3. The molecule has 0 saturated carbocycles. The molecule has 0 aliphatic heterocycles. The molecule has 0 radical (unpaired) electrons. The first kappa shape index (κ1) is 15.7. The average Bonchev–Trinajstić information content (AvgIpc) is 2.43. The fourth-order valence-corrected chi connectivity index (χ4v) is 3.29. The third kappa shape index (κ3) is 3.92. The summed E-state index contributed by atoms with van der Waals surface area (Å²) in [4.78, 5) is 2.11. The molecular formula is C15H17NO3S2. The number of sulfone groups is 1. The minimum atomic E-state index is -3.17. The van der Waals surface area contributed by atoms with Crippen LogP contribution in [0.2, 0.25) is 0 Å². The standard InChI is InChI=1S/C15H17NO3S2/c1-3-19-13-5-4-6-14(15(13)16)20-11-7-9-12(10-8-11)21(2,17)18/h4-10H,3,16H2,1-2H3. The van der Waals surface area contributed by atoms with Crippen molar-refractivity contribution >= 4 is 27.3 Å². The number of ether oxygens (including phenoxy) is 1. The minimum absolute atomic E-state index is 0.308. The fourth-order valence-electron chi connectivity index (χ4n) is 1.78. The van der Waals surface area contributed by atoms with Crippen molar-refractivity contribution in [2.75, 3.05) is 18.6 Å². The molecule has 0 aromatic heterocycles. The van der Waals surface area contributed by atoms with Crippen LogP contribution in [0.4, 0.5) is 5.69 Å². The summed E-state index contributed by atoms with van der Waals surface area (Å²) in [5.41, 5.74) is 6.67. The lowest BCUT2D eigenvalue weighted by Gasteiger charge is -2.11. The van der Waals surface area contributed by atoms with Crippen molar-refractivity contribution < 1.29 is 13.2 Å². The van der Waals surface area contributed by atoms with E-state index in [0.717, 1.165) is 9.79 Å². The number of rotatable bonds is 5. The number of hydrogen-bond acceptors (Lipinski definition) is 5. The second kappa shape index (κ2) is 6.41. The third-order valence-corrected chi connectivity index (χ3v) is 5.02. The van der Waals surface area contributed by atoms with Crippen LogP contribution in [-0.4, -0.2) is 21.3 Å². The number of benzene rings is 2. The van der Waals surface area contributed by atoms with Crippen LogP contribution in [0, 0.1) is 0 Å². The zero-order chi connectivity index (χ0) is 15.5. The predicted molar refractivity (Wildman–Crippen MR) is 85.7 cm³/mol. The molecule has 2 aromatic rings. The molecule has 4 nitrogen and oxygen atoms in total. The molecule has 0 amide bonds. The molecule has 0 heterocycles. The lowest BCUT2D eigenvalue weighted by Crippen LogP contribution is -1.98. The van der Waals surface area contributed by atoms with Gasteiger partial charge in [-0.1, -0.05) is 17.8 Å². The Labute approximate surface area is 129 Å². The molecule has 0 aliphatic rings. The summed E-state index contributed by atoms with van der Waals surface area (Å²) >= 11 is 1.47. The van der Waals surface area contributed by atoms with Gasteiger partial charge in [-0.15, -0.1) is 0 Å². The molecule has 0 unspecified atom stereocenters. The quantitative estimate of drug-likeness (QED) is 0.856. The number of anilines is 1. The van der Waals surface area contributed by atoms with Gasteiger partial charge in [0.1, 0.15) is 5.75 Å². The van der Waals surface area contributed by atoms with Gasteiger partial charge >= 0.3 is 0 Å². The number of nitrogen functional groups attached to an aromatic ring is 1. The van der Waals surface area contributed by atoms with E-state index in [0.29, 0.717) is 22.9 Å². The van der Waals surface area contributed by atoms with E-state index in [1.54, 1.807) is 24.3 Å². The topological polar surface area (TPSA) is 69.4 Å². The van der Waals surface area contributed by atoms with Gasteiger partial charge in [0.05, 0.1) is 17.2 Å². The van der Waals surface area contributed by atoms with Crippen LogP contribution < -0.4 is 10.5 Å². The van der Waals surface area contributed by atoms with Crippen LogP contribution in [0.3, 0.4) is 0 Å². The van der Waals surface area contributed by atoms with Gasteiger partial charge in [0.15, 0.2) is 9.84 Å². The highest BCUT2D eigenvalue weighted by molar-refractivity contribution is 7.99. The van der Waals surface area contributed by atoms with Crippen molar-refractivity contribution in [2.45, 2.75) is 21.6 Å². The normalized spacial score (nSPS) is 11.3. The Morgan fingerprint density at radius 3 is 2.38 bits per heavy atom. The molecule has 2 aromatic carbocycles. The zero-order valence-corrected chi connectivity index (χ0v) is 13.5. The highest BCUT2D eigenvalue weighted by Crippen LogP contribution is 2.37. The highest BCUT2D eigenvalue weighted by atomic mass is 32.2. The van der Waals surface area contributed by atoms with Gasteiger partial charge in [-0.05, 0) is 43.3 Å². The first-order chi connectivity index (χ1) is 9.91. The van der Waals surface area contributed by atoms with Gasteiger partial charge < -0.3 is 10.5 Å². The average molecular weight is 323 g/mol. The van der Waals surface area contributed by atoms with E-state index >= 15 is 0 Å². The van der Waals surface area contributed by atoms with Crippen LogP contribution in [0.1, 0.15) is 6.92 Å². The molecule has 112 valence electrons. The monoisotopic (exact) mass is 323 g/mol. The zero-order valence-electron chi connectivity index (χ0n) is 11.9. The van der Waals surface area contributed by atoms with Crippen molar-refractivity contribution in [3.05, 3.63) is 42.5 Å². The van der Waals surface area contributed by atoms with Gasteiger partial charge in [0.25, 0.3) is 0 Å². The molecule has 0 saturated heterocycles. The van der Waals surface area contributed by atoms with E-state index in [1.807, 2.05) is 25.1 Å². The van der Waals surface area contributed by atoms with Crippen molar-refractivity contribution in [3.8, 4) is 5.75 Å². The molecule has 2 rings (SSSR count). The van der Waals surface area contributed by atoms with Crippen LogP contribution >= 0.6 is 11.8 Å². The van der Waals surface area contributed by atoms with Gasteiger partial charge in [-0.2, -0.15) is 0 Å². The Kier molecular flexibility index (Phi) is 4.80. The van der Waals surface area contributed by atoms with Crippen molar-refractivity contribution in [1.29, 1.82) is 0 Å². The number of hydrogen-bond donors (Lipinski definition) is 1. The maximum absolute atomic E-state index is 11.4. The third-order valence-electron chi connectivity index (χ3n) is 2.81. The van der Waals surface area contributed by atoms with E-state index in [1.165, 1.54) is 18.0 Å². The predicted octanol–water partition coefficient (Wildman–Crippen LogP) is 3.22. The molecule has 2 N–H and O–H groups in total. The maximum atomic E-state index is 11.4. The summed E-state index contributed by atoms with van der Waals surface area (Å²) in [6, 6.07) is 12.4. The Bertz CT molecular complexity index is 725. The van der Waals surface area contributed by atoms with Gasteiger partial charge in [0, 0.05) is 16.0 Å². The molecule has 0 bridgehead atoms. The molecule has 0 fully saturated rings. The van der Waals surface area contributed by atoms with E-state index in [2.05, 4.69) is 0 Å². The van der Waals surface area contributed by atoms with Crippen molar-refractivity contribution in [3.63, 3.8) is 0 Å². The summed E-state index contributed by atoms with van der Waals surface area (Å²) in [7, 11) is -3.17. The van der Waals surface area contributed by atoms with Crippen molar-refractivity contribution in [1.82, 2.24) is 0 Å². The molecule has 0 aliphatic carbocycles. The van der Waals surface area contributed by atoms with Crippen LogP contribution in [0.5, 0.6) is 5.75 Å².